The molecule has 0 atom stereocenters. The van der Waals surface area contributed by atoms with Gasteiger partial charge in [-0.25, -0.2) is 9.59 Å². The van der Waals surface area contributed by atoms with Gasteiger partial charge in [-0.05, 0) is 12.8 Å². The SMILES string of the molecule is O=C(CNC(=O)NC1(C(=O)O)CCOCC1)NC1CC1. The average Bonchev–Trinajstić information content (AvgIpc) is 3.21. The number of carboxylic acid groups (broad SMARTS) is 1. The lowest BCUT2D eigenvalue weighted by atomic mass is 9.90. The van der Waals surface area contributed by atoms with E-state index in [-0.39, 0.29) is 44.5 Å². The Labute approximate surface area is 116 Å². The first kappa shape index (κ1) is 14.6. The molecule has 0 aromatic rings. The second-order valence-electron chi connectivity index (χ2n) is 5.15. The second kappa shape index (κ2) is 6.08. The van der Waals surface area contributed by atoms with Crippen molar-refractivity contribution in [2.75, 3.05) is 19.8 Å². The number of carboxylic acids is 1. The number of amides is 3. The minimum atomic E-state index is -1.31. The maximum Gasteiger partial charge on any atom is 0.329 e. The second-order valence-corrected chi connectivity index (χ2v) is 5.15. The highest BCUT2D eigenvalue weighted by molar-refractivity contribution is 5.88. The van der Waals surface area contributed by atoms with Gasteiger partial charge in [0.05, 0.1) is 6.54 Å². The molecule has 8 heteroatoms. The molecule has 2 fully saturated rings. The summed E-state index contributed by atoms with van der Waals surface area (Å²) in [4.78, 5) is 34.5. The molecule has 0 aromatic carbocycles. The summed E-state index contributed by atoms with van der Waals surface area (Å²) < 4.78 is 5.11. The van der Waals surface area contributed by atoms with E-state index in [4.69, 9.17) is 4.74 Å². The van der Waals surface area contributed by atoms with Crippen LogP contribution in [0.5, 0.6) is 0 Å². The fourth-order valence-corrected chi connectivity index (χ4v) is 2.04. The van der Waals surface area contributed by atoms with Crippen molar-refractivity contribution in [2.24, 2.45) is 0 Å². The Bertz CT molecular complexity index is 402. The highest BCUT2D eigenvalue weighted by atomic mass is 16.5. The van der Waals surface area contributed by atoms with Crippen LogP contribution in [0.4, 0.5) is 4.79 Å². The molecule has 1 saturated carbocycles. The third-order valence-electron chi connectivity index (χ3n) is 3.46. The van der Waals surface area contributed by atoms with E-state index in [2.05, 4.69) is 16.0 Å². The summed E-state index contributed by atoms with van der Waals surface area (Å²) in [7, 11) is 0. The topological polar surface area (TPSA) is 117 Å². The van der Waals surface area contributed by atoms with Gasteiger partial charge in [0, 0.05) is 32.1 Å². The van der Waals surface area contributed by atoms with Crippen LogP contribution in [0.3, 0.4) is 0 Å². The van der Waals surface area contributed by atoms with Crippen LogP contribution in [-0.2, 0) is 14.3 Å². The van der Waals surface area contributed by atoms with Gasteiger partial charge in [-0.15, -0.1) is 0 Å². The minimum absolute atomic E-state index is 0.158. The number of rotatable bonds is 5. The Balaban J connectivity index is 1.78. The van der Waals surface area contributed by atoms with E-state index in [9.17, 15) is 19.5 Å². The zero-order chi connectivity index (χ0) is 14.6. The lowest BCUT2D eigenvalue weighted by Crippen LogP contribution is -2.60. The van der Waals surface area contributed by atoms with Crippen molar-refractivity contribution < 1.29 is 24.2 Å². The number of ether oxygens (including phenoxy) is 1. The summed E-state index contributed by atoms with van der Waals surface area (Å²) in [6, 6.07) is -0.423. The van der Waals surface area contributed by atoms with Crippen LogP contribution in [0.25, 0.3) is 0 Å². The third-order valence-corrected chi connectivity index (χ3v) is 3.46. The van der Waals surface area contributed by atoms with Crippen LogP contribution in [0.1, 0.15) is 25.7 Å². The molecule has 2 aliphatic rings. The molecular formula is C12H19N3O5. The lowest BCUT2D eigenvalue weighted by molar-refractivity contribution is -0.148. The zero-order valence-corrected chi connectivity index (χ0v) is 11.1. The predicted molar refractivity (Wildman–Crippen MR) is 68.1 cm³/mol. The predicted octanol–water partition coefficient (Wildman–Crippen LogP) is -0.802. The van der Waals surface area contributed by atoms with E-state index in [0.29, 0.717) is 0 Å². The van der Waals surface area contributed by atoms with Gasteiger partial charge in [0.1, 0.15) is 5.54 Å². The van der Waals surface area contributed by atoms with Crippen LogP contribution >= 0.6 is 0 Å². The van der Waals surface area contributed by atoms with Gasteiger partial charge in [0.25, 0.3) is 0 Å². The Kier molecular flexibility index (Phi) is 4.43. The Morgan fingerprint density at radius 1 is 1.20 bits per heavy atom. The summed E-state index contributed by atoms with van der Waals surface area (Å²) in [6.07, 6.45) is 2.37. The number of urea groups is 1. The summed E-state index contributed by atoms with van der Waals surface area (Å²) in [5.41, 5.74) is -1.31. The fraction of sp³-hybridized carbons (Fsp3) is 0.750. The number of hydrogen-bond donors (Lipinski definition) is 4. The Morgan fingerprint density at radius 3 is 2.40 bits per heavy atom. The van der Waals surface area contributed by atoms with E-state index in [1.54, 1.807) is 0 Å². The quantitative estimate of drug-likeness (QED) is 0.527. The Morgan fingerprint density at radius 2 is 1.85 bits per heavy atom. The van der Waals surface area contributed by atoms with Crippen LogP contribution in [-0.4, -0.2) is 54.4 Å². The number of carbonyl (C=O) groups excluding carboxylic acids is 2. The highest BCUT2D eigenvalue weighted by Crippen LogP contribution is 2.21. The summed E-state index contributed by atoms with van der Waals surface area (Å²) in [5.74, 6) is -1.35. The number of hydrogen-bond acceptors (Lipinski definition) is 4. The molecule has 1 heterocycles. The highest BCUT2D eigenvalue weighted by Gasteiger charge is 2.41. The monoisotopic (exact) mass is 285 g/mol. The standard InChI is InChI=1S/C12H19N3O5/c16-9(14-8-1-2-8)7-13-11(19)15-12(10(17)18)3-5-20-6-4-12/h8H,1-7H2,(H,14,16)(H,17,18)(H2,13,15,19). The minimum Gasteiger partial charge on any atom is -0.480 e. The molecule has 20 heavy (non-hydrogen) atoms. The molecule has 4 N–H and O–H groups in total. The molecule has 0 radical (unpaired) electrons. The number of carbonyl (C=O) groups is 3. The molecule has 0 unspecified atom stereocenters. The van der Waals surface area contributed by atoms with E-state index < -0.39 is 17.5 Å². The first-order valence-electron chi connectivity index (χ1n) is 6.68. The first-order chi connectivity index (χ1) is 9.52. The van der Waals surface area contributed by atoms with Crippen molar-refractivity contribution in [3.8, 4) is 0 Å². The van der Waals surface area contributed by atoms with Gasteiger partial charge in [0.15, 0.2) is 0 Å². The Hall–Kier alpha value is -1.83. The van der Waals surface area contributed by atoms with Gasteiger partial charge in [-0.1, -0.05) is 0 Å². The van der Waals surface area contributed by atoms with Crippen molar-refractivity contribution in [1.29, 1.82) is 0 Å². The molecular weight excluding hydrogens is 266 g/mol. The molecule has 0 aromatic heterocycles. The largest absolute Gasteiger partial charge is 0.480 e. The molecule has 0 spiro atoms. The van der Waals surface area contributed by atoms with Gasteiger partial charge < -0.3 is 25.8 Å². The molecule has 8 nitrogen and oxygen atoms in total. The first-order valence-corrected chi connectivity index (χ1v) is 6.68. The van der Waals surface area contributed by atoms with Crippen molar-refractivity contribution in [1.82, 2.24) is 16.0 Å². The maximum atomic E-state index is 11.7. The van der Waals surface area contributed by atoms with Crippen LogP contribution in [0.2, 0.25) is 0 Å². The van der Waals surface area contributed by atoms with Crippen molar-refractivity contribution in [2.45, 2.75) is 37.3 Å². The van der Waals surface area contributed by atoms with Crippen molar-refractivity contribution in [3.63, 3.8) is 0 Å². The van der Waals surface area contributed by atoms with Gasteiger partial charge in [0.2, 0.25) is 5.91 Å². The van der Waals surface area contributed by atoms with Crippen LogP contribution in [0, 0.1) is 0 Å². The molecule has 0 bridgehead atoms. The smallest absolute Gasteiger partial charge is 0.329 e. The molecule has 1 aliphatic heterocycles. The molecule has 2 rings (SSSR count). The van der Waals surface area contributed by atoms with Crippen molar-refractivity contribution in [3.05, 3.63) is 0 Å². The molecule has 1 aliphatic carbocycles. The van der Waals surface area contributed by atoms with E-state index in [1.165, 1.54) is 0 Å². The molecule has 1 saturated heterocycles. The van der Waals surface area contributed by atoms with Gasteiger partial charge in [-0.3, -0.25) is 4.79 Å². The zero-order valence-electron chi connectivity index (χ0n) is 11.1. The molecule has 112 valence electrons. The van der Waals surface area contributed by atoms with E-state index in [1.807, 2.05) is 0 Å². The fourth-order valence-electron chi connectivity index (χ4n) is 2.04. The van der Waals surface area contributed by atoms with E-state index in [0.717, 1.165) is 12.8 Å². The normalized spacial score (nSPS) is 20.8. The van der Waals surface area contributed by atoms with Gasteiger partial charge >= 0.3 is 12.0 Å². The summed E-state index contributed by atoms with van der Waals surface area (Å²) in [5, 5.41) is 16.8. The summed E-state index contributed by atoms with van der Waals surface area (Å²) in [6.45, 7) is 0.415. The number of aliphatic carboxylic acids is 1. The lowest BCUT2D eigenvalue weighted by Gasteiger charge is -2.33. The maximum absolute atomic E-state index is 11.7. The summed E-state index contributed by atoms with van der Waals surface area (Å²) >= 11 is 0. The van der Waals surface area contributed by atoms with Crippen molar-refractivity contribution >= 4 is 17.9 Å². The third kappa shape index (κ3) is 3.83. The van der Waals surface area contributed by atoms with E-state index >= 15 is 0 Å². The van der Waals surface area contributed by atoms with Crippen LogP contribution in [0.15, 0.2) is 0 Å². The number of nitrogens with one attached hydrogen (secondary N) is 3. The van der Waals surface area contributed by atoms with Gasteiger partial charge in [-0.2, -0.15) is 0 Å². The van der Waals surface area contributed by atoms with Crippen LogP contribution < -0.4 is 16.0 Å². The average molecular weight is 285 g/mol. The molecule has 3 amide bonds.